The molecule has 2 aromatic rings. The highest BCUT2D eigenvalue weighted by molar-refractivity contribution is 7.15. The number of hydrogen-bond acceptors (Lipinski definition) is 7. The van der Waals surface area contributed by atoms with Crippen LogP contribution in [0.15, 0.2) is 12.3 Å². The van der Waals surface area contributed by atoms with Crippen molar-refractivity contribution in [3.8, 4) is 0 Å². The lowest BCUT2D eigenvalue weighted by Gasteiger charge is -2.35. The second kappa shape index (κ2) is 6.48. The van der Waals surface area contributed by atoms with Crippen LogP contribution in [0.3, 0.4) is 0 Å². The van der Waals surface area contributed by atoms with E-state index in [0.29, 0.717) is 0 Å². The van der Waals surface area contributed by atoms with Gasteiger partial charge in [0.25, 0.3) is 0 Å². The summed E-state index contributed by atoms with van der Waals surface area (Å²) in [7, 11) is 0. The first-order valence-corrected chi connectivity index (χ1v) is 8.49. The Hall–Kier alpha value is -1.89. The van der Waals surface area contributed by atoms with Gasteiger partial charge in [-0.2, -0.15) is 4.98 Å². The Morgan fingerprint density at radius 1 is 1.14 bits per heavy atom. The van der Waals surface area contributed by atoms with Crippen molar-refractivity contribution in [3.05, 3.63) is 22.8 Å². The Morgan fingerprint density at radius 3 is 2.50 bits per heavy atom. The number of nitrogens with zero attached hydrogens (tertiary/aromatic N) is 5. The number of rotatable bonds is 4. The minimum atomic E-state index is 0.718. The van der Waals surface area contributed by atoms with Crippen LogP contribution >= 0.6 is 11.3 Å². The van der Waals surface area contributed by atoms with Gasteiger partial charge in [0, 0.05) is 55.6 Å². The quantitative estimate of drug-likeness (QED) is 0.933. The molecule has 3 heterocycles. The molecule has 0 spiro atoms. The van der Waals surface area contributed by atoms with Crippen LogP contribution in [-0.2, 0) is 0 Å². The molecule has 1 saturated heterocycles. The second-order valence-corrected chi connectivity index (χ2v) is 6.66. The van der Waals surface area contributed by atoms with Gasteiger partial charge in [0.15, 0.2) is 5.13 Å². The molecule has 0 radical (unpaired) electrons. The summed E-state index contributed by atoms with van der Waals surface area (Å²) in [5, 5.41) is 4.33. The SMILES string of the molecule is CCNc1nc(C)cc(N2CCN(c3ncc(C)s3)CC2)n1. The Kier molecular flexibility index (Phi) is 4.42. The van der Waals surface area contributed by atoms with Gasteiger partial charge in [-0.15, -0.1) is 11.3 Å². The van der Waals surface area contributed by atoms with Gasteiger partial charge in [0.2, 0.25) is 5.95 Å². The maximum Gasteiger partial charge on any atom is 0.224 e. The molecule has 0 unspecified atom stereocenters. The van der Waals surface area contributed by atoms with Gasteiger partial charge in [-0.1, -0.05) is 0 Å². The monoisotopic (exact) mass is 318 g/mol. The molecule has 0 aliphatic carbocycles. The predicted molar refractivity (Wildman–Crippen MR) is 92.2 cm³/mol. The zero-order chi connectivity index (χ0) is 15.5. The lowest BCUT2D eigenvalue weighted by atomic mass is 10.3. The van der Waals surface area contributed by atoms with Crippen molar-refractivity contribution in [2.24, 2.45) is 0 Å². The number of anilines is 3. The summed E-state index contributed by atoms with van der Waals surface area (Å²) >= 11 is 1.76. The first-order valence-electron chi connectivity index (χ1n) is 7.67. The van der Waals surface area contributed by atoms with E-state index in [2.05, 4.69) is 50.0 Å². The molecule has 0 aromatic carbocycles. The number of aromatic nitrogens is 3. The third kappa shape index (κ3) is 3.30. The van der Waals surface area contributed by atoms with Gasteiger partial charge in [0.05, 0.1) is 0 Å². The average molecular weight is 318 g/mol. The molecular weight excluding hydrogens is 296 g/mol. The maximum atomic E-state index is 4.62. The molecule has 3 rings (SSSR count). The van der Waals surface area contributed by atoms with Gasteiger partial charge < -0.3 is 15.1 Å². The van der Waals surface area contributed by atoms with Gasteiger partial charge in [-0.05, 0) is 20.8 Å². The molecule has 7 heteroatoms. The van der Waals surface area contributed by atoms with Crippen LogP contribution in [0.5, 0.6) is 0 Å². The molecule has 2 aromatic heterocycles. The van der Waals surface area contributed by atoms with Crippen molar-refractivity contribution in [3.63, 3.8) is 0 Å². The van der Waals surface area contributed by atoms with Gasteiger partial charge in [0.1, 0.15) is 5.82 Å². The third-order valence-corrected chi connectivity index (χ3v) is 4.63. The number of nitrogens with one attached hydrogen (secondary N) is 1. The summed E-state index contributed by atoms with van der Waals surface area (Å²) in [6.45, 7) is 10.9. The van der Waals surface area contributed by atoms with E-state index in [-0.39, 0.29) is 0 Å². The number of aryl methyl sites for hydroxylation is 2. The molecule has 1 N–H and O–H groups in total. The van der Waals surface area contributed by atoms with Crippen LogP contribution in [-0.4, -0.2) is 47.7 Å². The van der Waals surface area contributed by atoms with E-state index in [4.69, 9.17) is 0 Å². The first-order chi connectivity index (χ1) is 10.7. The van der Waals surface area contributed by atoms with Crippen LogP contribution < -0.4 is 15.1 Å². The molecule has 0 bridgehead atoms. The van der Waals surface area contributed by atoms with Crippen LogP contribution in [0, 0.1) is 13.8 Å². The highest BCUT2D eigenvalue weighted by Crippen LogP contribution is 2.24. The summed E-state index contributed by atoms with van der Waals surface area (Å²) in [6, 6.07) is 2.06. The van der Waals surface area contributed by atoms with E-state index in [0.717, 1.165) is 55.3 Å². The summed E-state index contributed by atoms with van der Waals surface area (Å²) < 4.78 is 0. The van der Waals surface area contributed by atoms with Crippen molar-refractivity contribution in [2.45, 2.75) is 20.8 Å². The zero-order valence-corrected chi connectivity index (χ0v) is 14.2. The van der Waals surface area contributed by atoms with Crippen molar-refractivity contribution >= 4 is 28.2 Å². The van der Waals surface area contributed by atoms with Crippen LogP contribution in [0.2, 0.25) is 0 Å². The van der Waals surface area contributed by atoms with E-state index in [1.165, 1.54) is 4.88 Å². The standard InChI is InChI=1S/C15H22N6S/c1-4-16-14-18-11(2)9-13(19-14)20-5-7-21(8-6-20)15-17-10-12(3)22-15/h9-10H,4-8H2,1-3H3,(H,16,18,19). The lowest BCUT2D eigenvalue weighted by molar-refractivity contribution is 0.645. The predicted octanol–water partition coefficient (Wildman–Crippen LogP) is 2.31. The molecule has 6 nitrogen and oxygen atoms in total. The molecule has 1 aliphatic rings. The Bertz CT molecular complexity index is 633. The Morgan fingerprint density at radius 2 is 1.86 bits per heavy atom. The fraction of sp³-hybridized carbons (Fsp3) is 0.533. The van der Waals surface area contributed by atoms with Crippen molar-refractivity contribution in [1.29, 1.82) is 0 Å². The summed E-state index contributed by atoms with van der Waals surface area (Å²) in [5.74, 6) is 1.73. The molecule has 118 valence electrons. The fourth-order valence-corrected chi connectivity index (χ4v) is 3.38. The van der Waals surface area contributed by atoms with Crippen LogP contribution in [0.4, 0.5) is 16.9 Å². The summed E-state index contributed by atoms with van der Waals surface area (Å²) in [5.41, 5.74) is 0.999. The average Bonchev–Trinajstić information content (AvgIpc) is 2.94. The fourth-order valence-electron chi connectivity index (χ4n) is 2.57. The molecule has 1 aliphatic heterocycles. The maximum absolute atomic E-state index is 4.62. The molecule has 1 fully saturated rings. The normalized spacial score (nSPS) is 15.2. The number of piperazine rings is 1. The van der Waals surface area contributed by atoms with E-state index in [9.17, 15) is 0 Å². The lowest BCUT2D eigenvalue weighted by Crippen LogP contribution is -2.46. The van der Waals surface area contributed by atoms with E-state index >= 15 is 0 Å². The largest absolute Gasteiger partial charge is 0.354 e. The molecule has 0 saturated carbocycles. The van der Waals surface area contributed by atoms with E-state index < -0.39 is 0 Å². The smallest absolute Gasteiger partial charge is 0.224 e. The zero-order valence-electron chi connectivity index (χ0n) is 13.3. The van der Waals surface area contributed by atoms with Gasteiger partial charge in [-0.3, -0.25) is 0 Å². The minimum Gasteiger partial charge on any atom is -0.354 e. The Balaban J connectivity index is 1.68. The number of thiazole rings is 1. The third-order valence-electron chi connectivity index (χ3n) is 3.66. The van der Waals surface area contributed by atoms with Gasteiger partial charge in [-0.25, -0.2) is 9.97 Å². The highest BCUT2D eigenvalue weighted by Gasteiger charge is 2.20. The summed E-state index contributed by atoms with van der Waals surface area (Å²) in [4.78, 5) is 19.5. The van der Waals surface area contributed by atoms with Crippen LogP contribution in [0.1, 0.15) is 17.5 Å². The van der Waals surface area contributed by atoms with E-state index in [1.54, 1.807) is 11.3 Å². The second-order valence-electron chi connectivity index (χ2n) is 5.45. The molecule has 22 heavy (non-hydrogen) atoms. The van der Waals surface area contributed by atoms with Crippen molar-refractivity contribution in [1.82, 2.24) is 15.0 Å². The molecular formula is C15H22N6S. The number of hydrogen-bond donors (Lipinski definition) is 1. The topological polar surface area (TPSA) is 57.2 Å². The molecule has 0 atom stereocenters. The highest BCUT2D eigenvalue weighted by atomic mass is 32.1. The van der Waals surface area contributed by atoms with E-state index in [1.807, 2.05) is 13.1 Å². The van der Waals surface area contributed by atoms with Crippen LogP contribution in [0.25, 0.3) is 0 Å². The summed E-state index contributed by atoms with van der Waals surface area (Å²) in [6.07, 6.45) is 1.95. The van der Waals surface area contributed by atoms with Gasteiger partial charge >= 0.3 is 0 Å². The minimum absolute atomic E-state index is 0.718. The molecule has 0 amide bonds. The van der Waals surface area contributed by atoms with Crippen molar-refractivity contribution < 1.29 is 0 Å². The van der Waals surface area contributed by atoms with Crippen molar-refractivity contribution in [2.75, 3.05) is 47.8 Å². The Labute approximate surface area is 135 Å². The first kappa shape index (κ1) is 15.0.